The first-order chi connectivity index (χ1) is 10.8. The molecule has 0 saturated carbocycles. The highest BCUT2D eigenvalue weighted by molar-refractivity contribution is 6.22. The van der Waals surface area contributed by atoms with Crippen molar-refractivity contribution in [3.05, 3.63) is 53.1 Å². The number of nitrogens with one attached hydrogen (secondary N) is 2. The predicted molar refractivity (Wildman–Crippen MR) is 91.0 cm³/mol. The van der Waals surface area contributed by atoms with Crippen molar-refractivity contribution >= 4 is 22.6 Å². The smallest absolute Gasteiger partial charge is 0.190 e. The highest BCUT2D eigenvalue weighted by Crippen LogP contribution is 2.30. The molecule has 4 heteroatoms. The van der Waals surface area contributed by atoms with Crippen molar-refractivity contribution in [3.8, 4) is 0 Å². The molecule has 0 amide bonds. The molecule has 22 heavy (non-hydrogen) atoms. The molecule has 114 valence electrons. The Morgan fingerprint density at radius 3 is 2.55 bits per heavy atom. The SMILES string of the molecule is NCCNCCNCC1=Cc2cccc3cccc(c23)C1=O. The van der Waals surface area contributed by atoms with E-state index in [-0.39, 0.29) is 5.78 Å². The van der Waals surface area contributed by atoms with Gasteiger partial charge >= 0.3 is 0 Å². The van der Waals surface area contributed by atoms with Crippen LogP contribution in [0.1, 0.15) is 15.9 Å². The Labute approximate surface area is 130 Å². The van der Waals surface area contributed by atoms with Crippen LogP contribution in [0.4, 0.5) is 0 Å². The molecule has 2 aromatic rings. The van der Waals surface area contributed by atoms with Crippen LogP contribution in [0.3, 0.4) is 0 Å². The summed E-state index contributed by atoms with van der Waals surface area (Å²) in [5.41, 5.74) is 8.19. The van der Waals surface area contributed by atoms with Crippen molar-refractivity contribution in [2.45, 2.75) is 0 Å². The molecule has 0 unspecified atom stereocenters. The molecule has 4 N–H and O–H groups in total. The van der Waals surface area contributed by atoms with Gasteiger partial charge in [-0.05, 0) is 17.0 Å². The molecule has 0 aromatic heterocycles. The summed E-state index contributed by atoms with van der Waals surface area (Å²) in [7, 11) is 0. The van der Waals surface area contributed by atoms with Crippen molar-refractivity contribution in [2.75, 3.05) is 32.7 Å². The lowest BCUT2D eigenvalue weighted by Crippen LogP contribution is -2.32. The Hall–Kier alpha value is -2.01. The summed E-state index contributed by atoms with van der Waals surface area (Å²) >= 11 is 0. The number of rotatable bonds is 7. The Kier molecular flexibility index (Phi) is 4.63. The molecular weight excluding hydrogens is 274 g/mol. The van der Waals surface area contributed by atoms with Gasteiger partial charge in [-0.2, -0.15) is 0 Å². The maximum Gasteiger partial charge on any atom is 0.190 e. The third-order valence-electron chi connectivity index (χ3n) is 3.92. The van der Waals surface area contributed by atoms with Gasteiger partial charge in [0.1, 0.15) is 0 Å². The molecule has 1 aliphatic carbocycles. The van der Waals surface area contributed by atoms with Gasteiger partial charge in [0, 0.05) is 49.2 Å². The second-order valence-corrected chi connectivity index (χ2v) is 5.47. The molecule has 0 radical (unpaired) electrons. The highest BCUT2D eigenvalue weighted by Gasteiger charge is 2.20. The summed E-state index contributed by atoms with van der Waals surface area (Å²) in [6, 6.07) is 12.1. The third kappa shape index (κ3) is 2.95. The summed E-state index contributed by atoms with van der Waals surface area (Å²) in [5.74, 6) is 0.131. The quantitative estimate of drug-likeness (QED) is 0.678. The van der Waals surface area contributed by atoms with Crippen LogP contribution in [0.5, 0.6) is 0 Å². The minimum atomic E-state index is 0.131. The van der Waals surface area contributed by atoms with Crippen molar-refractivity contribution in [1.82, 2.24) is 10.6 Å². The van der Waals surface area contributed by atoms with E-state index in [0.717, 1.165) is 47.1 Å². The second-order valence-electron chi connectivity index (χ2n) is 5.47. The number of hydrogen-bond donors (Lipinski definition) is 3. The van der Waals surface area contributed by atoms with Crippen LogP contribution in [-0.2, 0) is 0 Å². The molecule has 0 heterocycles. The van der Waals surface area contributed by atoms with E-state index in [2.05, 4.69) is 28.8 Å². The highest BCUT2D eigenvalue weighted by atomic mass is 16.1. The molecule has 0 aliphatic heterocycles. The Balaban J connectivity index is 1.73. The molecule has 0 fully saturated rings. The van der Waals surface area contributed by atoms with Gasteiger partial charge in [-0.25, -0.2) is 0 Å². The van der Waals surface area contributed by atoms with Crippen LogP contribution in [0.15, 0.2) is 42.0 Å². The van der Waals surface area contributed by atoms with E-state index < -0.39 is 0 Å². The summed E-state index contributed by atoms with van der Waals surface area (Å²) in [6.45, 7) is 3.72. The van der Waals surface area contributed by atoms with Gasteiger partial charge in [0.15, 0.2) is 5.78 Å². The topological polar surface area (TPSA) is 67.2 Å². The minimum absolute atomic E-state index is 0.131. The molecule has 0 saturated heterocycles. The van der Waals surface area contributed by atoms with Gasteiger partial charge in [0.25, 0.3) is 0 Å². The number of carbonyl (C=O) groups excluding carboxylic acids is 1. The number of nitrogens with two attached hydrogens (primary N) is 1. The number of hydrogen-bond acceptors (Lipinski definition) is 4. The maximum atomic E-state index is 12.6. The Bertz CT molecular complexity index is 716. The molecule has 3 rings (SSSR count). The molecule has 1 aliphatic rings. The monoisotopic (exact) mass is 295 g/mol. The van der Waals surface area contributed by atoms with Gasteiger partial charge in [0.2, 0.25) is 0 Å². The van der Waals surface area contributed by atoms with E-state index in [0.29, 0.717) is 13.1 Å². The zero-order valence-corrected chi connectivity index (χ0v) is 12.6. The van der Waals surface area contributed by atoms with E-state index in [1.54, 1.807) is 0 Å². The standard InChI is InChI=1S/C18H21N3O/c19-7-8-20-9-10-21-12-15-11-14-5-1-3-13-4-2-6-16(17(13)14)18(15)22/h1-6,11,20-21H,7-10,12,19H2. The summed E-state index contributed by atoms with van der Waals surface area (Å²) in [6.07, 6.45) is 2.01. The van der Waals surface area contributed by atoms with Crippen LogP contribution < -0.4 is 16.4 Å². The van der Waals surface area contributed by atoms with E-state index in [9.17, 15) is 4.79 Å². The lowest BCUT2D eigenvalue weighted by Gasteiger charge is -2.17. The van der Waals surface area contributed by atoms with Crippen LogP contribution in [0.2, 0.25) is 0 Å². The average molecular weight is 295 g/mol. The third-order valence-corrected chi connectivity index (χ3v) is 3.92. The van der Waals surface area contributed by atoms with Gasteiger partial charge in [-0.1, -0.05) is 36.4 Å². The van der Waals surface area contributed by atoms with Crippen molar-refractivity contribution in [3.63, 3.8) is 0 Å². The zero-order chi connectivity index (χ0) is 15.4. The van der Waals surface area contributed by atoms with Crippen LogP contribution in [-0.4, -0.2) is 38.5 Å². The molecule has 4 nitrogen and oxygen atoms in total. The van der Waals surface area contributed by atoms with Crippen LogP contribution in [0.25, 0.3) is 16.8 Å². The van der Waals surface area contributed by atoms with Gasteiger partial charge in [0.05, 0.1) is 0 Å². The van der Waals surface area contributed by atoms with Crippen molar-refractivity contribution < 1.29 is 4.79 Å². The fourth-order valence-electron chi connectivity index (χ4n) is 2.86. The summed E-state index contributed by atoms with van der Waals surface area (Å²) in [4.78, 5) is 12.6. The second kappa shape index (κ2) is 6.83. The first-order valence-electron chi connectivity index (χ1n) is 7.70. The minimum Gasteiger partial charge on any atom is -0.329 e. The Morgan fingerprint density at radius 2 is 1.73 bits per heavy atom. The van der Waals surface area contributed by atoms with E-state index in [1.807, 2.05) is 24.3 Å². The molecule has 2 aromatic carbocycles. The number of ketones is 1. The summed E-state index contributed by atoms with van der Waals surface area (Å²) in [5, 5.41) is 8.73. The largest absolute Gasteiger partial charge is 0.329 e. The Morgan fingerprint density at radius 1 is 0.955 bits per heavy atom. The zero-order valence-electron chi connectivity index (χ0n) is 12.6. The van der Waals surface area contributed by atoms with Crippen LogP contribution in [0, 0.1) is 0 Å². The first kappa shape index (κ1) is 14.9. The molecule has 0 atom stereocenters. The van der Waals surface area contributed by atoms with Gasteiger partial charge in [-0.15, -0.1) is 0 Å². The van der Waals surface area contributed by atoms with Crippen molar-refractivity contribution in [1.29, 1.82) is 0 Å². The van der Waals surface area contributed by atoms with Gasteiger partial charge in [-0.3, -0.25) is 4.79 Å². The fraction of sp³-hybridized carbons (Fsp3) is 0.278. The van der Waals surface area contributed by atoms with Crippen LogP contribution >= 0.6 is 0 Å². The number of benzene rings is 2. The van der Waals surface area contributed by atoms with E-state index >= 15 is 0 Å². The summed E-state index contributed by atoms with van der Waals surface area (Å²) < 4.78 is 0. The van der Waals surface area contributed by atoms with Crippen molar-refractivity contribution in [2.24, 2.45) is 5.73 Å². The predicted octanol–water partition coefficient (Wildman–Crippen LogP) is 1.56. The molecule has 0 spiro atoms. The molecule has 0 bridgehead atoms. The number of carbonyl (C=O) groups is 1. The number of Topliss-reactive ketones (excluding diaryl/α,β-unsaturated/α-hetero) is 1. The first-order valence-corrected chi connectivity index (χ1v) is 7.70. The van der Waals surface area contributed by atoms with E-state index in [4.69, 9.17) is 5.73 Å². The maximum absolute atomic E-state index is 12.6. The lowest BCUT2D eigenvalue weighted by atomic mass is 9.88. The van der Waals surface area contributed by atoms with E-state index in [1.165, 1.54) is 0 Å². The van der Waals surface area contributed by atoms with Gasteiger partial charge < -0.3 is 16.4 Å². The average Bonchev–Trinajstić information content (AvgIpc) is 2.55. The normalized spacial score (nSPS) is 13.5. The molecular formula is C18H21N3O. The lowest BCUT2D eigenvalue weighted by molar-refractivity contribution is 0.103. The fourth-order valence-corrected chi connectivity index (χ4v) is 2.86.